The summed E-state index contributed by atoms with van der Waals surface area (Å²) in [5.74, 6) is -0.679. The molecule has 0 aliphatic heterocycles. The van der Waals surface area contributed by atoms with E-state index < -0.39 is 23.7 Å². The molecule has 1 unspecified atom stereocenters. The Hall–Kier alpha value is -2.44. The average molecular weight is 440 g/mol. The number of aliphatic carboxylic acids is 1. The summed E-state index contributed by atoms with van der Waals surface area (Å²) in [6, 6.07) is 10.9. The fourth-order valence-electron chi connectivity index (χ4n) is 2.48. The van der Waals surface area contributed by atoms with Crippen LogP contribution in [0.4, 0.5) is 4.79 Å². The van der Waals surface area contributed by atoms with Crippen LogP contribution < -0.4 is 10.1 Å². The standard InChI is InChI=1S/C21H23Cl2NO5/c1-21(2,3)29-20(27)24-17(19(25)26)10-13-6-4-5-7-18(13)28-12-14-8-9-15(22)11-16(14)23/h4-9,11,17H,10,12H2,1-3H3,(H,24,27)(H,25,26). The van der Waals surface area contributed by atoms with Crippen molar-refractivity contribution in [3.63, 3.8) is 0 Å². The van der Waals surface area contributed by atoms with Gasteiger partial charge in [-0.15, -0.1) is 0 Å². The zero-order valence-electron chi connectivity index (χ0n) is 16.4. The fraction of sp³-hybridized carbons (Fsp3) is 0.333. The van der Waals surface area contributed by atoms with Gasteiger partial charge in [-0.2, -0.15) is 0 Å². The predicted octanol–water partition coefficient (Wildman–Crippen LogP) is 5.09. The molecule has 0 heterocycles. The van der Waals surface area contributed by atoms with Gasteiger partial charge in [-0.1, -0.05) is 47.5 Å². The lowest BCUT2D eigenvalue weighted by Crippen LogP contribution is -2.44. The maximum atomic E-state index is 12.0. The van der Waals surface area contributed by atoms with Crippen molar-refractivity contribution in [2.45, 2.75) is 45.4 Å². The minimum atomic E-state index is -1.17. The number of para-hydroxylation sites is 1. The normalized spacial score (nSPS) is 12.2. The molecule has 1 atom stereocenters. The van der Waals surface area contributed by atoms with Gasteiger partial charge in [0.05, 0.1) is 0 Å². The number of halogens is 2. The number of hydrogen-bond acceptors (Lipinski definition) is 4. The highest BCUT2D eigenvalue weighted by atomic mass is 35.5. The van der Waals surface area contributed by atoms with Gasteiger partial charge < -0.3 is 19.9 Å². The van der Waals surface area contributed by atoms with Gasteiger partial charge >= 0.3 is 12.1 Å². The highest BCUT2D eigenvalue weighted by Gasteiger charge is 2.25. The van der Waals surface area contributed by atoms with Crippen molar-refractivity contribution >= 4 is 35.3 Å². The first kappa shape index (κ1) is 22.8. The van der Waals surface area contributed by atoms with Crippen LogP contribution in [-0.2, 0) is 22.6 Å². The molecule has 0 aliphatic rings. The largest absolute Gasteiger partial charge is 0.489 e. The zero-order valence-corrected chi connectivity index (χ0v) is 17.9. The molecule has 2 rings (SSSR count). The molecular formula is C21H23Cl2NO5. The first-order valence-corrected chi connectivity index (χ1v) is 9.67. The molecule has 0 spiro atoms. The molecule has 2 aromatic rings. The Labute approximate surface area is 179 Å². The monoisotopic (exact) mass is 439 g/mol. The first-order valence-electron chi connectivity index (χ1n) is 8.92. The SMILES string of the molecule is CC(C)(C)OC(=O)NC(Cc1ccccc1OCc1ccc(Cl)cc1Cl)C(=O)O. The molecule has 0 aliphatic carbocycles. The number of benzene rings is 2. The van der Waals surface area contributed by atoms with Crippen molar-refractivity contribution in [3.05, 3.63) is 63.6 Å². The molecule has 0 aromatic heterocycles. The van der Waals surface area contributed by atoms with Crippen LogP contribution >= 0.6 is 23.2 Å². The second-order valence-corrected chi connectivity index (χ2v) is 8.22. The van der Waals surface area contributed by atoms with E-state index in [-0.39, 0.29) is 13.0 Å². The molecule has 6 nitrogen and oxygen atoms in total. The van der Waals surface area contributed by atoms with E-state index >= 15 is 0 Å². The Morgan fingerprint density at radius 1 is 1.10 bits per heavy atom. The molecule has 8 heteroatoms. The number of alkyl carbamates (subject to hydrolysis) is 1. The summed E-state index contributed by atoms with van der Waals surface area (Å²) >= 11 is 12.1. The number of hydrogen-bond donors (Lipinski definition) is 2. The molecule has 0 saturated heterocycles. The van der Waals surface area contributed by atoms with E-state index in [9.17, 15) is 14.7 Å². The summed E-state index contributed by atoms with van der Waals surface area (Å²) in [5.41, 5.74) is 0.639. The van der Waals surface area contributed by atoms with Crippen LogP contribution in [0.2, 0.25) is 10.0 Å². The number of nitrogens with one attached hydrogen (secondary N) is 1. The van der Waals surface area contributed by atoms with Gasteiger partial charge in [0.25, 0.3) is 0 Å². The van der Waals surface area contributed by atoms with Crippen LogP contribution in [0.5, 0.6) is 5.75 Å². The third-order valence-electron chi connectivity index (χ3n) is 3.78. The van der Waals surface area contributed by atoms with E-state index in [1.165, 1.54) is 0 Å². The lowest BCUT2D eigenvalue weighted by atomic mass is 10.0. The van der Waals surface area contributed by atoms with E-state index in [2.05, 4.69) is 5.32 Å². The minimum absolute atomic E-state index is 0.0269. The molecule has 0 radical (unpaired) electrons. The molecule has 0 bridgehead atoms. The third kappa shape index (κ3) is 7.48. The summed E-state index contributed by atoms with van der Waals surface area (Å²) in [5, 5.41) is 12.9. The summed E-state index contributed by atoms with van der Waals surface area (Å²) in [4.78, 5) is 23.6. The summed E-state index contributed by atoms with van der Waals surface area (Å²) in [6.45, 7) is 5.29. The quantitative estimate of drug-likeness (QED) is 0.627. The van der Waals surface area contributed by atoms with Gasteiger partial charge in [-0.05, 0) is 44.5 Å². The van der Waals surface area contributed by atoms with Gasteiger partial charge in [-0.3, -0.25) is 0 Å². The van der Waals surface area contributed by atoms with E-state index in [0.29, 0.717) is 21.4 Å². The van der Waals surface area contributed by atoms with Crippen molar-refractivity contribution in [1.82, 2.24) is 5.32 Å². The summed E-state index contributed by atoms with van der Waals surface area (Å²) in [6.07, 6.45) is -0.768. The Balaban J connectivity index is 2.11. The van der Waals surface area contributed by atoms with Crippen LogP contribution in [0.25, 0.3) is 0 Å². The molecule has 1 amide bonds. The maximum Gasteiger partial charge on any atom is 0.408 e. The Morgan fingerprint density at radius 3 is 2.41 bits per heavy atom. The topological polar surface area (TPSA) is 84.9 Å². The number of carboxylic acid groups (broad SMARTS) is 1. The Bertz CT molecular complexity index is 880. The fourth-order valence-corrected chi connectivity index (χ4v) is 2.94. The second kappa shape index (κ2) is 9.85. The van der Waals surface area contributed by atoms with Gasteiger partial charge in [0, 0.05) is 22.0 Å². The zero-order chi connectivity index (χ0) is 21.6. The van der Waals surface area contributed by atoms with Crippen molar-refractivity contribution < 1.29 is 24.2 Å². The van der Waals surface area contributed by atoms with Crippen LogP contribution in [0.15, 0.2) is 42.5 Å². The predicted molar refractivity (Wildman–Crippen MR) is 112 cm³/mol. The molecule has 0 fully saturated rings. The minimum Gasteiger partial charge on any atom is -0.489 e. The number of rotatable bonds is 7. The van der Waals surface area contributed by atoms with Gasteiger partial charge in [0.1, 0.15) is 24.0 Å². The molecular weight excluding hydrogens is 417 g/mol. The van der Waals surface area contributed by atoms with Crippen LogP contribution in [0.1, 0.15) is 31.9 Å². The van der Waals surface area contributed by atoms with Crippen molar-refractivity contribution in [2.24, 2.45) is 0 Å². The number of carbonyl (C=O) groups excluding carboxylic acids is 1. The Morgan fingerprint density at radius 2 is 1.79 bits per heavy atom. The van der Waals surface area contributed by atoms with E-state index in [1.807, 2.05) is 0 Å². The number of ether oxygens (including phenoxy) is 2. The molecule has 29 heavy (non-hydrogen) atoms. The van der Waals surface area contributed by atoms with Crippen molar-refractivity contribution in [2.75, 3.05) is 0 Å². The van der Waals surface area contributed by atoms with Crippen LogP contribution in [0, 0.1) is 0 Å². The van der Waals surface area contributed by atoms with Gasteiger partial charge in [0.15, 0.2) is 0 Å². The van der Waals surface area contributed by atoms with Crippen LogP contribution in [0.3, 0.4) is 0 Å². The molecule has 2 aromatic carbocycles. The lowest BCUT2D eigenvalue weighted by molar-refractivity contribution is -0.139. The molecule has 156 valence electrons. The van der Waals surface area contributed by atoms with Crippen molar-refractivity contribution in [3.8, 4) is 5.75 Å². The number of amides is 1. The lowest BCUT2D eigenvalue weighted by Gasteiger charge is -2.22. The van der Waals surface area contributed by atoms with E-state index in [4.69, 9.17) is 32.7 Å². The average Bonchev–Trinajstić information content (AvgIpc) is 2.60. The highest BCUT2D eigenvalue weighted by molar-refractivity contribution is 6.35. The first-order chi connectivity index (χ1) is 13.5. The second-order valence-electron chi connectivity index (χ2n) is 7.37. The Kier molecular flexibility index (Phi) is 7.76. The maximum absolute atomic E-state index is 12.0. The summed E-state index contributed by atoms with van der Waals surface area (Å²) in [7, 11) is 0. The molecule has 0 saturated carbocycles. The highest BCUT2D eigenvalue weighted by Crippen LogP contribution is 2.25. The van der Waals surface area contributed by atoms with E-state index in [0.717, 1.165) is 5.56 Å². The number of carboxylic acids is 1. The smallest absolute Gasteiger partial charge is 0.408 e. The van der Waals surface area contributed by atoms with Gasteiger partial charge in [0.2, 0.25) is 0 Å². The van der Waals surface area contributed by atoms with Crippen LogP contribution in [-0.4, -0.2) is 28.8 Å². The third-order valence-corrected chi connectivity index (χ3v) is 4.37. The number of carbonyl (C=O) groups is 2. The van der Waals surface area contributed by atoms with Crippen molar-refractivity contribution in [1.29, 1.82) is 0 Å². The van der Waals surface area contributed by atoms with Gasteiger partial charge in [-0.25, -0.2) is 9.59 Å². The van der Waals surface area contributed by atoms with E-state index in [1.54, 1.807) is 63.2 Å². The summed E-state index contributed by atoms with van der Waals surface area (Å²) < 4.78 is 11.0. The molecule has 2 N–H and O–H groups in total.